The molecule has 1 saturated heterocycles. The van der Waals surface area contributed by atoms with Gasteiger partial charge in [0.1, 0.15) is 5.82 Å². The second-order valence-electron chi connectivity index (χ2n) is 5.88. The Labute approximate surface area is 144 Å². The molecule has 1 aromatic rings. The van der Waals surface area contributed by atoms with E-state index in [4.69, 9.17) is 0 Å². The van der Waals surface area contributed by atoms with Gasteiger partial charge in [-0.25, -0.2) is 17.5 Å². The van der Waals surface area contributed by atoms with Crippen LogP contribution >= 0.6 is 0 Å². The predicted molar refractivity (Wildman–Crippen MR) is 87.4 cm³/mol. The SMILES string of the molecule is O=S(=O)(CCCC(F)(F)F)NCc1ccc(N2CCNCC2)c(F)c1. The number of hydrogen-bond acceptors (Lipinski definition) is 4. The van der Waals surface area contributed by atoms with E-state index < -0.39 is 40.6 Å². The van der Waals surface area contributed by atoms with E-state index in [9.17, 15) is 26.0 Å². The fraction of sp³-hybridized carbons (Fsp3) is 0.600. The van der Waals surface area contributed by atoms with Crippen molar-refractivity contribution < 1.29 is 26.0 Å². The van der Waals surface area contributed by atoms with E-state index in [1.54, 1.807) is 12.1 Å². The quantitative estimate of drug-likeness (QED) is 0.707. The molecule has 2 N–H and O–H groups in total. The second-order valence-corrected chi connectivity index (χ2v) is 7.81. The van der Waals surface area contributed by atoms with Gasteiger partial charge in [-0.2, -0.15) is 13.2 Å². The third-order valence-corrected chi connectivity index (χ3v) is 5.25. The Hall–Kier alpha value is -1.39. The molecule has 1 fully saturated rings. The zero-order chi connectivity index (χ0) is 18.5. The number of anilines is 1. The predicted octanol–water partition coefficient (Wildman–Crippen LogP) is 2.00. The summed E-state index contributed by atoms with van der Waals surface area (Å²) in [5.74, 6) is -1.07. The minimum absolute atomic E-state index is 0.160. The molecule has 0 aliphatic carbocycles. The van der Waals surface area contributed by atoms with Crippen molar-refractivity contribution in [2.75, 3.05) is 36.8 Å². The first kappa shape index (κ1) is 19.9. The molecule has 25 heavy (non-hydrogen) atoms. The van der Waals surface area contributed by atoms with Crippen LogP contribution in [0.3, 0.4) is 0 Å². The van der Waals surface area contributed by atoms with Gasteiger partial charge in [-0.1, -0.05) is 6.07 Å². The van der Waals surface area contributed by atoms with Gasteiger partial charge in [0.15, 0.2) is 0 Å². The van der Waals surface area contributed by atoms with Crippen LogP contribution in [-0.2, 0) is 16.6 Å². The van der Waals surface area contributed by atoms with Crippen LogP contribution in [0, 0.1) is 5.82 Å². The molecule has 142 valence electrons. The fourth-order valence-electron chi connectivity index (χ4n) is 2.55. The molecule has 1 aliphatic rings. The van der Waals surface area contributed by atoms with Crippen molar-refractivity contribution in [2.45, 2.75) is 25.6 Å². The largest absolute Gasteiger partial charge is 0.389 e. The molecule has 0 aromatic heterocycles. The summed E-state index contributed by atoms with van der Waals surface area (Å²) in [4.78, 5) is 1.90. The van der Waals surface area contributed by atoms with Gasteiger partial charge in [-0.15, -0.1) is 0 Å². The van der Waals surface area contributed by atoms with E-state index in [1.165, 1.54) is 6.07 Å². The van der Waals surface area contributed by atoms with E-state index >= 15 is 0 Å². The van der Waals surface area contributed by atoms with Gasteiger partial charge in [-0.05, 0) is 24.1 Å². The molecule has 5 nitrogen and oxygen atoms in total. The Kier molecular flexibility index (Phi) is 6.64. The lowest BCUT2D eigenvalue weighted by molar-refractivity contribution is -0.134. The lowest BCUT2D eigenvalue weighted by atomic mass is 10.1. The van der Waals surface area contributed by atoms with Gasteiger partial charge >= 0.3 is 6.18 Å². The number of rotatable bonds is 7. The standard InChI is InChI=1S/C15H21F4N3O2S/c16-13-10-12(2-3-14(13)22-7-5-20-6-8-22)11-21-25(23,24)9-1-4-15(17,18)19/h2-3,10,20-21H,1,4-9,11H2. The molecule has 0 bridgehead atoms. The van der Waals surface area contributed by atoms with Crippen molar-refractivity contribution in [1.82, 2.24) is 10.0 Å². The van der Waals surface area contributed by atoms with Crippen LogP contribution in [0.4, 0.5) is 23.2 Å². The monoisotopic (exact) mass is 383 g/mol. The van der Waals surface area contributed by atoms with Gasteiger partial charge in [-0.3, -0.25) is 0 Å². The van der Waals surface area contributed by atoms with Crippen LogP contribution in [0.2, 0.25) is 0 Å². The summed E-state index contributed by atoms with van der Waals surface area (Å²) in [5, 5.41) is 3.17. The summed E-state index contributed by atoms with van der Waals surface area (Å²) in [6.07, 6.45) is -6.03. The average Bonchev–Trinajstić information content (AvgIpc) is 2.52. The molecule has 0 amide bonds. The molecule has 0 atom stereocenters. The Bertz CT molecular complexity index is 674. The van der Waals surface area contributed by atoms with Crippen LogP contribution in [0.15, 0.2) is 18.2 Å². The van der Waals surface area contributed by atoms with Crippen molar-refractivity contribution in [3.63, 3.8) is 0 Å². The van der Waals surface area contributed by atoms with Crippen molar-refractivity contribution >= 4 is 15.7 Å². The van der Waals surface area contributed by atoms with E-state index in [1.807, 2.05) is 4.90 Å². The van der Waals surface area contributed by atoms with Crippen LogP contribution in [-0.4, -0.2) is 46.5 Å². The Morgan fingerprint density at radius 3 is 2.48 bits per heavy atom. The zero-order valence-corrected chi connectivity index (χ0v) is 14.4. The minimum Gasteiger partial charge on any atom is -0.367 e. The first-order valence-corrected chi connectivity index (χ1v) is 9.60. The highest BCUT2D eigenvalue weighted by Crippen LogP contribution is 2.22. The fourth-order valence-corrected chi connectivity index (χ4v) is 3.61. The van der Waals surface area contributed by atoms with Crippen LogP contribution in [0.1, 0.15) is 18.4 Å². The summed E-state index contributed by atoms with van der Waals surface area (Å²) >= 11 is 0. The van der Waals surface area contributed by atoms with Crippen molar-refractivity contribution in [3.05, 3.63) is 29.6 Å². The third-order valence-electron chi connectivity index (χ3n) is 3.84. The highest BCUT2D eigenvalue weighted by atomic mass is 32.2. The summed E-state index contributed by atoms with van der Waals surface area (Å²) < 4.78 is 76.0. The average molecular weight is 383 g/mol. The molecule has 10 heteroatoms. The van der Waals surface area contributed by atoms with E-state index in [-0.39, 0.29) is 6.54 Å². The van der Waals surface area contributed by atoms with E-state index in [0.29, 0.717) is 24.3 Å². The molecular formula is C15H21F4N3O2S. The van der Waals surface area contributed by atoms with Gasteiger partial charge in [0.2, 0.25) is 10.0 Å². The molecule has 1 aliphatic heterocycles. The normalized spacial score (nSPS) is 16.2. The number of piperazine rings is 1. The zero-order valence-electron chi connectivity index (χ0n) is 13.6. The summed E-state index contributed by atoms with van der Waals surface area (Å²) in [7, 11) is -3.84. The summed E-state index contributed by atoms with van der Waals surface area (Å²) in [6.45, 7) is 2.73. The smallest absolute Gasteiger partial charge is 0.367 e. The van der Waals surface area contributed by atoms with Crippen LogP contribution in [0.25, 0.3) is 0 Å². The summed E-state index contributed by atoms with van der Waals surface area (Å²) in [6, 6.07) is 4.45. The maximum atomic E-state index is 14.2. The molecule has 1 aromatic carbocycles. The van der Waals surface area contributed by atoms with E-state index in [0.717, 1.165) is 13.1 Å². The molecule has 0 spiro atoms. The number of alkyl halides is 3. The Balaban J connectivity index is 1.89. The van der Waals surface area contributed by atoms with Gasteiger partial charge < -0.3 is 10.2 Å². The highest BCUT2D eigenvalue weighted by molar-refractivity contribution is 7.89. The Morgan fingerprint density at radius 2 is 1.88 bits per heavy atom. The molecule has 0 saturated carbocycles. The second kappa shape index (κ2) is 8.33. The highest BCUT2D eigenvalue weighted by Gasteiger charge is 2.27. The third kappa shape index (κ3) is 6.79. The molecule has 1 heterocycles. The molecular weight excluding hydrogens is 362 g/mol. The summed E-state index contributed by atoms with van der Waals surface area (Å²) in [5.41, 5.74) is 0.870. The van der Waals surface area contributed by atoms with Crippen molar-refractivity contribution in [1.29, 1.82) is 0 Å². The number of nitrogens with one attached hydrogen (secondary N) is 2. The topological polar surface area (TPSA) is 61.4 Å². The Morgan fingerprint density at radius 1 is 1.20 bits per heavy atom. The molecule has 0 radical (unpaired) electrons. The maximum absolute atomic E-state index is 14.2. The van der Waals surface area contributed by atoms with Crippen molar-refractivity contribution in [3.8, 4) is 0 Å². The molecule has 0 unspecified atom stereocenters. The number of halogens is 4. The minimum atomic E-state index is -4.38. The van der Waals surface area contributed by atoms with E-state index in [2.05, 4.69) is 10.0 Å². The van der Waals surface area contributed by atoms with Gasteiger partial charge in [0, 0.05) is 39.1 Å². The van der Waals surface area contributed by atoms with Gasteiger partial charge in [0.25, 0.3) is 0 Å². The number of nitrogens with zero attached hydrogens (tertiary/aromatic N) is 1. The van der Waals surface area contributed by atoms with Crippen LogP contribution in [0.5, 0.6) is 0 Å². The maximum Gasteiger partial charge on any atom is 0.389 e. The lowest BCUT2D eigenvalue weighted by Gasteiger charge is -2.29. The van der Waals surface area contributed by atoms with Crippen LogP contribution < -0.4 is 14.9 Å². The number of sulfonamides is 1. The number of benzene rings is 1. The van der Waals surface area contributed by atoms with Gasteiger partial charge in [0.05, 0.1) is 11.4 Å². The number of hydrogen-bond donors (Lipinski definition) is 2. The first-order chi connectivity index (χ1) is 11.7. The first-order valence-electron chi connectivity index (χ1n) is 7.94. The van der Waals surface area contributed by atoms with Crippen molar-refractivity contribution in [2.24, 2.45) is 0 Å². The molecule has 2 rings (SSSR count). The lowest BCUT2D eigenvalue weighted by Crippen LogP contribution is -2.43.